The van der Waals surface area contributed by atoms with Crippen molar-refractivity contribution in [3.63, 3.8) is 0 Å². The maximum absolute atomic E-state index is 14.9. The Bertz CT molecular complexity index is 1160. The van der Waals surface area contributed by atoms with Crippen LogP contribution < -0.4 is 16.0 Å². The minimum Gasteiger partial charge on any atom is -0.344 e. The minimum absolute atomic E-state index is 0.0574. The topological polar surface area (TPSA) is 129 Å². The van der Waals surface area contributed by atoms with Crippen LogP contribution in [0.2, 0.25) is 0 Å². The van der Waals surface area contributed by atoms with E-state index in [0.717, 1.165) is 13.1 Å². The van der Waals surface area contributed by atoms with Gasteiger partial charge in [0.05, 0.1) is 5.69 Å². The van der Waals surface area contributed by atoms with Gasteiger partial charge in [0.1, 0.15) is 23.6 Å². The molecule has 2 heterocycles. The second-order valence-electron chi connectivity index (χ2n) is 9.34. The van der Waals surface area contributed by atoms with E-state index in [0.29, 0.717) is 30.9 Å². The molecule has 1 aromatic carbocycles. The third kappa shape index (κ3) is 7.37. The molecule has 1 aromatic heterocycles. The zero-order chi connectivity index (χ0) is 27.8. The van der Waals surface area contributed by atoms with Crippen LogP contribution in [-0.2, 0) is 27.3 Å². The van der Waals surface area contributed by atoms with E-state index >= 15 is 0 Å². The number of piperazine rings is 1. The second-order valence-corrected chi connectivity index (χ2v) is 9.34. The number of carbonyl (C=O) groups excluding carboxylic acids is 4. The number of carbonyl (C=O) groups is 4. The van der Waals surface area contributed by atoms with Crippen molar-refractivity contribution in [1.29, 1.82) is 0 Å². The zero-order valence-electron chi connectivity index (χ0n) is 22.3. The Labute approximate surface area is 221 Å². The van der Waals surface area contributed by atoms with Gasteiger partial charge in [0.25, 0.3) is 5.91 Å². The van der Waals surface area contributed by atoms with Crippen molar-refractivity contribution < 1.29 is 23.6 Å². The third-order valence-corrected chi connectivity index (χ3v) is 6.49. The molecule has 0 spiro atoms. The van der Waals surface area contributed by atoms with Gasteiger partial charge >= 0.3 is 0 Å². The van der Waals surface area contributed by atoms with Gasteiger partial charge in [0, 0.05) is 51.8 Å². The van der Waals surface area contributed by atoms with E-state index in [1.807, 2.05) is 14.0 Å². The number of rotatable bonds is 10. The van der Waals surface area contributed by atoms with Gasteiger partial charge in [0.15, 0.2) is 0 Å². The van der Waals surface area contributed by atoms with Crippen molar-refractivity contribution >= 4 is 29.3 Å². The molecule has 11 nitrogen and oxygen atoms in total. The van der Waals surface area contributed by atoms with E-state index in [-0.39, 0.29) is 30.3 Å². The summed E-state index contributed by atoms with van der Waals surface area (Å²) in [5.41, 5.74) is 0.759. The van der Waals surface area contributed by atoms with Crippen molar-refractivity contribution in [1.82, 2.24) is 30.2 Å². The SMILES string of the molecule is CCC(=O)N[C@H](Cc1ccc(NC(=O)[C@H](C)NC(=O)c2ccnn2CC)c(F)c1)C(=O)N1CCN(C)CC1. The zero-order valence-corrected chi connectivity index (χ0v) is 22.3. The van der Waals surface area contributed by atoms with E-state index in [2.05, 4.69) is 25.9 Å². The van der Waals surface area contributed by atoms with E-state index in [9.17, 15) is 23.6 Å². The Hall–Kier alpha value is -3.80. The highest BCUT2D eigenvalue weighted by Crippen LogP contribution is 2.18. The highest BCUT2D eigenvalue weighted by molar-refractivity contribution is 6.00. The standard InChI is InChI=1S/C26H36FN7O4/c1-5-23(35)30-21(26(38)33-13-11-32(4)12-14-33)16-18-7-8-20(19(27)15-18)31-24(36)17(3)29-25(37)22-9-10-28-34(22)6-2/h7-10,15,17,21H,5-6,11-14,16H2,1-4H3,(H,29,37)(H,30,35)(H,31,36)/t17-,21+/m0/s1. The predicted molar refractivity (Wildman–Crippen MR) is 140 cm³/mol. The first-order chi connectivity index (χ1) is 18.1. The molecule has 0 unspecified atom stereocenters. The molecule has 0 bridgehead atoms. The number of benzene rings is 1. The van der Waals surface area contributed by atoms with Crippen LogP contribution in [0.25, 0.3) is 0 Å². The smallest absolute Gasteiger partial charge is 0.270 e. The van der Waals surface area contributed by atoms with Crippen molar-refractivity contribution in [2.24, 2.45) is 0 Å². The van der Waals surface area contributed by atoms with Crippen molar-refractivity contribution in [2.45, 2.75) is 52.2 Å². The molecular weight excluding hydrogens is 493 g/mol. The van der Waals surface area contributed by atoms with Crippen LogP contribution in [0.1, 0.15) is 43.2 Å². The molecule has 3 N–H and O–H groups in total. The Morgan fingerprint density at radius 2 is 1.76 bits per heavy atom. The molecule has 0 saturated carbocycles. The number of nitrogens with one attached hydrogen (secondary N) is 3. The summed E-state index contributed by atoms with van der Waals surface area (Å²) in [6.45, 7) is 8.13. The Morgan fingerprint density at radius 1 is 1.05 bits per heavy atom. The first-order valence-electron chi connectivity index (χ1n) is 12.8. The molecule has 12 heteroatoms. The van der Waals surface area contributed by atoms with Crippen LogP contribution in [0.4, 0.5) is 10.1 Å². The summed E-state index contributed by atoms with van der Waals surface area (Å²) < 4.78 is 16.4. The number of hydrogen-bond donors (Lipinski definition) is 3. The predicted octanol–water partition coefficient (Wildman–Crippen LogP) is 1.01. The normalized spacial score (nSPS) is 15.4. The molecule has 1 fully saturated rings. The molecule has 38 heavy (non-hydrogen) atoms. The van der Waals surface area contributed by atoms with Crippen molar-refractivity contribution in [3.8, 4) is 0 Å². The number of likely N-dealkylation sites (N-methyl/N-ethyl adjacent to an activating group) is 1. The first-order valence-corrected chi connectivity index (χ1v) is 12.8. The number of anilines is 1. The number of hydrogen-bond acceptors (Lipinski definition) is 6. The molecule has 2 atom stereocenters. The van der Waals surface area contributed by atoms with Gasteiger partial charge in [-0.25, -0.2) is 4.39 Å². The molecule has 1 aliphatic heterocycles. The minimum atomic E-state index is -0.934. The summed E-state index contributed by atoms with van der Waals surface area (Å²) in [5.74, 6) is -2.21. The number of halogens is 1. The number of aromatic nitrogens is 2. The summed E-state index contributed by atoms with van der Waals surface area (Å²) in [6, 6.07) is 4.04. The van der Waals surface area contributed by atoms with Crippen LogP contribution >= 0.6 is 0 Å². The lowest BCUT2D eigenvalue weighted by Crippen LogP contribution is -2.54. The van der Waals surface area contributed by atoms with Gasteiger partial charge in [-0.15, -0.1) is 0 Å². The fraction of sp³-hybridized carbons (Fsp3) is 0.500. The van der Waals surface area contributed by atoms with Crippen LogP contribution in [0, 0.1) is 5.82 Å². The Balaban J connectivity index is 1.64. The van der Waals surface area contributed by atoms with E-state index in [1.165, 1.54) is 29.9 Å². The quantitative estimate of drug-likeness (QED) is 0.422. The van der Waals surface area contributed by atoms with Gasteiger partial charge in [-0.05, 0) is 44.7 Å². The average Bonchev–Trinajstić information content (AvgIpc) is 3.39. The molecule has 2 aromatic rings. The number of aryl methyl sites for hydroxylation is 1. The van der Waals surface area contributed by atoms with Gasteiger partial charge in [-0.3, -0.25) is 23.9 Å². The average molecular weight is 530 g/mol. The lowest BCUT2D eigenvalue weighted by atomic mass is 10.0. The third-order valence-electron chi connectivity index (χ3n) is 6.49. The number of amides is 4. The molecule has 1 aliphatic rings. The summed E-state index contributed by atoms with van der Waals surface area (Å²) in [5, 5.41) is 11.9. The van der Waals surface area contributed by atoms with Crippen LogP contribution in [-0.4, -0.2) is 88.5 Å². The van der Waals surface area contributed by atoms with Gasteiger partial charge in [-0.2, -0.15) is 5.10 Å². The summed E-state index contributed by atoms with van der Waals surface area (Å²) in [6.07, 6.45) is 1.83. The van der Waals surface area contributed by atoms with Crippen molar-refractivity contribution in [2.75, 3.05) is 38.5 Å². The van der Waals surface area contributed by atoms with Gasteiger partial charge in [-0.1, -0.05) is 13.0 Å². The van der Waals surface area contributed by atoms with E-state index in [1.54, 1.807) is 24.0 Å². The van der Waals surface area contributed by atoms with Gasteiger partial charge in [0.2, 0.25) is 17.7 Å². The maximum Gasteiger partial charge on any atom is 0.270 e. The number of nitrogens with zero attached hydrogens (tertiary/aromatic N) is 4. The molecule has 1 saturated heterocycles. The summed E-state index contributed by atoms with van der Waals surface area (Å²) >= 11 is 0. The maximum atomic E-state index is 14.9. The summed E-state index contributed by atoms with van der Waals surface area (Å²) in [7, 11) is 1.98. The highest BCUT2D eigenvalue weighted by atomic mass is 19.1. The molecule has 3 rings (SSSR count). The van der Waals surface area contributed by atoms with E-state index < -0.39 is 29.7 Å². The van der Waals surface area contributed by atoms with E-state index in [4.69, 9.17) is 0 Å². The molecule has 4 amide bonds. The Kier molecular flexibility index (Phi) is 9.94. The fourth-order valence-electron chi connectivity index (χ4n) is 4.12. The molecule has 206 valence electrons. The Morgan fingerprint density at radius 3 is 2.39 bits per heavy atom. The highest BCUT2D eigenvalue weighted by Gasteiger charge is 2.28. The molecule has 0 aliphatic carbocycles. The second kappa shape index (κ2) is 13.1. The largest absolute Gasteiger partial charge is 0.344 e. The van der Waals surface area contributed by atoms with Crippen LogP contribution in [0.3, 0.4) is 0 Å². The van der Waals surface area contributed by atoms with Crippen molar-refractivity contribution in [3.05, 3.63) is 47.5 Å². The molecule has 0 radical (unpaired) electrons. The first kappa shape index (κ1) is 28.8. The summed E-state index contributed by atoms with van der Waals surface area (Å²) in [4.78, 5) is 54.2. The fourth-order valence-corrected chi connectivity index (χ4v) is 4.12. The lowest BCUT2D eigenvalue weighted by Gasteiger charge is -2.34. The monoisotopic (exact) mass is 529 g/mol. The molecular formula is C26H36FN7O4. The van der Waals surface area contributed by atoms with Gasteiger partial charge < -0.3 is 25.8 Å². The van der Waals surface area contributed by atoms with Crippen LogP contribution in [0.5, 0.6) is 0 Å². The van der Waals surface area contributed by atoms with Crippen LogP contribution in [0.15, 0.2) is 30.5 Å². The lowest BCUT2D eigenvalue weighted by molar-refractivity contribution is -0.137.